The highest BCUT2D eigenvalue weighted by atomic mass is 16.1. The maximum absolute atomic E-state index is 11.7. The number of nitrogens with one attached hydrogen (secondary N) is 2. The second kappa shape index (κ2) is 7.60. The second-order valence-corrected chi connectivity index (χ2v) is 5.75. The Morgan fingerprint density at radius 2 is 2.00 bits per heavy atom. The van der Waals surface area contributed by atoms with E-state index in [4.69, 9.17) is 11.5 Å². The Balaban J connectivity index is 1.94. The largest absolute Gasteiger partial charge is 0.368 e. The summed E-state index contributed by atoms with van der Waals surface area (Å²) in [6.45, 7) is 1.81. The molecule has 6 N–H and O–H groups in total. The molecular formula is C17H18N8O2. The molecule has 0 saturated carbocycles. The van der Waals surface area contributed by atoms with Gasteiger partial charge >= 0.3 is 0 Å². The lowest BCUT2D eigenvalue weighted by Gasteiger charge is -2.15. The molecule has 0 saturated heterocycles. The first kappa shape index (κ1) is 18.0. The number of primary amides is 2. The van der Waals surface area contributed by atoms with Gasteiger partial charge in [0.15, 0.2) is 11.5 Å². The van der Waals surface area contributed by atoms with Gasteiger partial charge in [-0.2, -0.15) is 0 Å². The van der Waals surface area contributed by atoms with Gasteiger partial charge in [-0.15, -0.1) is 0 Å². The molecule has 3 aromatic rings. The minimum atomic E-state index is -0.734. The molecule has 0 bridgehead atoms. The Morgan fingerprint density at radius 1 is 1.19 bits per heavy atom. The molecule has 1 atom stereocenters. The lowest BCUT2D eigenvalue weighted by molar-refractivity contribution is -0.118. The zero-order chi connectivity index (χ0) is 19.4. The van der Waals surface area contributed by atoms with Crippen LogP contribution in [0.4, 0.5) is 17.3 Å². The molecule has 0 aliphatic carbocycles. The van der Waals surface area contributed by atoms with Crippen molar-refractivity contribution >= 4 is 40.0 Å². The minimum Gasteiger partial charge on any atom is -0.368 e. The standard InChI is InChI=1S/C17H18N8O2/c1-2-11(15(18)26)24-13-7-21-14(16(19)27)17(25-13)23-10-3-4-12-9(5-10)6-20-8-22-12/h3-8,11H,2H2,1H3,(H2,18,26)(H2,19,27)(H2,23,24,25)/t11-/m1/s1. The molecule has 10 heteroatoms. The average Bonchev–Trinajstić information content (AvgIpc) is 2.65. The monoisotopic (exact) mass is 366 g/mol. The summed E-state index contributed by atoms with van der Waals surface area (Å²) >= 11 is 0. The summed E-state index contributed by atoms with van der Waals surface area (Å²) < 4.78 is 0. The molecule has 0 fully saturated rings. The molecule has 0 aliphatic heterocycles. The quantitative estimate of drug-likeness (QED) is 0.480. The Hall–Kier alpha value is -3.82. The van der Waals surface area contributed by atoms with E-state index in [9.17, 15) is 9.59 Å². The van der Waals surface area contributed by atoms with Gasteiger partial charge in [-0.1, -0.05) is 6.92 Å². The zero-order valence-corrected chi connectivity index (χ0v) is 14.5. The maximum Gasteiger partial charge on any atom is 0.271 e. The highest BCUT2D eigenvalue weighted by Crippen LogP contribution is 2.22. The van der Waals surface area contributed by atoms with Gasteiger partial charge in [0, 0.05) is 17.3 Å². The maximum atomic E-state index is 11.7. The third kappa shape index (κ3) is 4.06. The smallest absolute Gasteiger partial charge is 0.271 e. The van der Waals surface area contributed by atoms with E-state index in [0.717, 1.165) is 10.9 Å². The van der Waals surface area contributed by atoms with Crippen LogP contribution in [0.3, 0.4) is 0 Å². The molecule has 0 unspecified atom stereocenters. The number of benzene rings is 1. The Morgan fingerprint density at radius 3 is 2.70 bits per heavy atom. The van der Waals surface area contributed by atoms with Gasteiger partial charge in [-0.25, -0.2) is 19.9 Å². The fourth-order valence-electron chi connectivity index (χ4n) is 2.48. The molecule has 2 heterocycles. The molecule has 3 rings (SSSR count). The van der Waals surface area contributed by atoms with Crippen molar-refractivity contribution in [3.8, 4) is 0 Å². The molecule has 27 heavy (non-hydrogen) atoms. The number of rotatable bonds is 7. The molecule has 138 valence electrons. The van der Waals surface area contributed by atoms with E-state index >= 15 is 0 Å². The van der Waals surface area contributed by atoms with E-state index in [-0.39, 0.29) is 17.3 Å². The fraction of sp³-hybridized carbons (Fsp3) is 0.176. The molecule has 0 radical (unpaired) electrons. The van der Waals surface area contributed by atoms with Crippen LogP contribution in [0.1, 0.15) is 23.8 Å². The normalized spacial score (nSPS) is 11.7. The van der Waals surface area contributed by atoms with Crippen LogP contribution >= 0.6 is 0 Å². The van der Waals surface area contributed by atoms with E-state index in [0.29, 0.717) is 12.1 Å². The minimum absolute atomic E-state index is 0.0305. The average molecular weight is 366 g/mol. The van der Waals surface area contributed by atoms with Crippen molar-refractivity contribution in [1.82, 2.24) is 19.9 Å². The molecule has 0 aliphatic rings. The third-order valence-corrected chi connectivity index (χ3v) is 3.85. The van der Waals surface area contributed by atoms with Crippen molar-refractivity contribution in [3.05, 3.63) is 42.6 Å². The van der Waals surface area contributed by atoms with Gasteiger partial charge in [0.2, 0.25) is 5.91 Å². The van der Waals surface area contributed by atoms with Crippen molar-refractivity contribution in [2.45, 2.75) is 19.4 Å². The van der Waals surface area contributed by atoms with Crippen LogP contribution in [-0.4, -0.2) is 37.8 Å². The predicted molar refractivity (Wildman–Crippen MR) is 100 cm³/mol. The van der Waals surface area contributed by atoms with Crippen molar-refractivity contribution in [3.63, 3.8) is 0 Å². The first-order valence-electron chi connectivity index (χ1n) is 8.17. The molecule has 10 nitrogen and oxygen atoms in total. The number of nitrogens with two attached hydrogens (primary N) is 2. The van der Waals surface area contributed by atoms with E-state index in [2.05, 4.69) is 30.6 Å². The van der Waals surface area contributed by atoms with Crippen molar-refractivity contribution in [2.24, 2.45) is 11.5 Å². The number of anilines is 3. The summed E-state index contributed by atoms with van der Waals surface area (Å²) in [6, 6.07) is 4.78. The zero-order valence-electron chi connectivity index (χ0n) is 14.5. The number of fused-ring (bicyclic) bond motifs is 1. The predicted octanol–water partition coefficient (Wildman–Crippen LogP) is 0.938. The highest BCUT2D eigenvalue weighted by molar-refractivity contribution is 5.96. The highest BCUT2D eigenvalue weighted by Gasteiger charge is 2.17. The van der Waals surface area contributed by atoms with E-state index < -0.39 is 17.9 Å². The SMILES string of the molecule is CC[C@@H](Nc1cnc(C(N)=O)c(Nc2ccc3ncncc3c2)n1)C(N)=O. The van der Waals surface area contributed by atoms with Crippen LogP contribution in [0, 0.1) is 0 Å². The lowest BCUT2D eigenvalue weighted by atomic mass is 10.2. The van der Waals surface area contributed by atoms with Crippen LogP contribution in [0.25, 0.3) is 10.9 Å². The van der Waals surface area contributed by atoms with Gasteiger partial charge < -0.3 is 22.1 Å². The summed E-state index contributed by atoms with van der Waals surface area (Å²) in [5, 5.41) is 6.72. The molecule has 1 aromatic carbocycles. The van der Waals surface area contributed by atoms with E-state index in [1.807, 2.05) is 6.92 Å². The first-order valence-corrected chi connectivity index (χ1v) is 8.17. The summed E-state index contributed by atoms with van der Waals surface area (Å²) in [5.41, 5.74) is 12.1. The van der Waals surface area contributed by atoms with Crippen LogP contribution in [0.15, 0.2) is 36.9 Å². The Labute approximate surface area is 154 Å². The van der Waals surface area contributed by atoms with Gasteiger partial charge in [0.25, 0.3) is 5.91 Å². The van der Waals surface area contributed by atoms with E-state index in [1.54, 1.807) is 24.4 Å². The number of aromatic nitrogens is 4. The summed E-state index contributed by atoms with van der Waals surface area (Å²) in [6.07, 6.45) is 4.93. The molecule has 2 aromatic heterocycles. The van der Waals surface area contributed by atoms with Crippen molar-refractivity contribution in [2.75, 3.05) is 10.6 Å². The Kier molecular flexibility index (Phi) is 5.06. The number of amides is 2. The third-order valence-electron chi connectivity index (χ3n) is 3.85. The van der Waals surface area contributed by atoms with Gasteiger partial charge in [-0.3, -0.25) is 9.59 Å². The van der Waals surface area contributed by atoms with Crippen LogP contribution in [0.2, 0.25) is 0 Å². The molecule has 0 spiro atoms. The molecule has 2 amide bonds. The summed E-state index contributed by atoms with van der Waals surface area (Å²) in [4.78, 5) is 39.6. The summed E-state index contributed by atoms with van der Waals surface area (Å²) in [7, 11) is 0. The number of carbonyl (C=O) groups excluding carboxylic acids is 2. The van der Waals surface area contributed by atoms with Crippen molar-refractivity contribution < 1.29 is 9.59 Å². The van der Waals surface area contributed by atoms with Crippen LogP contribution in [0.5, 0.6) is 0 Å². The molecular weight excluding hydrogens is 348 g/mol. The number of hydrogen-bond acceptors (Lipinski definition) is 8. The van der Waals surface area contributed by atoms with Gasteiger partial charge in [0.05, 0.1) is 11.7 Å². The van der Waals surface area contributed by atoms with Crippen LogP contribution < -0.4 is 22.1 Å². The topological polar surface area (TPSA) is 162 Å². The number of hydrogen-bond donors (Lipinski definition) is 4. The number of nitrogens with zero attached hydrogens (tertiary/aromatic N) is 4. The van der Waals surface area contributed by atoms with Crippen molar-refractivity contribution in [1.29, 1.82) is 0 Å². The van der Waals surface area contributed by atoms with E-state index in [1.165, 1.54) is 12.5 Å². The van der Waals surface area contributed by atoms with Gasteiger partial charge in [-0.05, 0) is 24.6 Å². The second-order valence-electron chi connectivity index (χ2n) is 5.75. The summed E-state index contributed by atoms with van der Waals surface area (Å²) in [5.74, 6) is -0.801. The number of carbonyl (C=O) groups is 2. The first-order chi connectivity index (χ1) is 13.0. The lowest BCUT2D eigenvalue weighted by Crippen LogP contribution is -2.35. The Bertz CT molecular complexity index is 1010. The van der Waals surface area contributed by atoms with Gasteiger partial charge in [0.1, 0.15) is 18.2 Å². The fourth-order valence-corrected chi connectivity index (χ4v) is 2.48. The van der Waals surface area contributed by atoms with Crippen LogP contribution in [-0.2, 0) is 4.79 Å².